The topological polar surface area (TPSA) is 106 Å². The fraction of sp³-hybridized carbons (Fsp3) is 0.600. The van der Waals surface area contributed by atoms with Crippen molar-refractivity contribution in [1.82, 2.24) is 19.7 Å². The molecule has 3 rings (SSSR count). The van der Waals surface area contributed by atoms with Crippen LogP contribution in [0.2, 0.25) is 0 Å². The second-order valence-electron chi connectivity index (χ2n) is 7.95. The first-order valence-corrected chi connectivity index (χ1v) is 11.5. The number of aliphatic hydroxyl groups excluding tert-OH is 1. The number of aryl methyl sites for hydroxylation is 2. The average molecular weight is 423 g/mol. The second kappa shape index (κ2) is 9.34. The molecule has 3 atom stereocenters. The third-order valence-corrected chi connectivity index (χ3v) is 6.77. The van der Waals surface area contributed by atoms with Crippen LogP contribution in [0.1, 0.15) is 50.3 Å². The van der Waals surface area contributed by atoms with Gasteiger partial charge < -0.3 is 9.84 Å². The summed E-state index contributed by atoms with van der Waals surface area (Å²) < 4.78 is 35.8. The molecule has 29 heavy (non-hydrogen) atoms. The Morgan fingerprint density at radius 2 is 2.00 bits per heavy atom. The van der Waals surface area contributed by atoms with E-state index in [9.17, 15) is 13.5 Å². The van der Waals surface area contributed by atoms with Gasteiger partial charge in [-0.25, -0.2) is 13.1 Å². The van der Waals surface area contributed by atoms with Crippen LogP contribution in [-0.4, -0.2) is 53.4 Å². The van der Waals surface area contributed by atoms with Gasteiger partial charge in [0.25, 0.3) is 0 Å². The third kappa shape index (κ3) is 5.63. The summed E-state index contributed by atoms with van der Waals surface area (Å²) in [5.41, 5.74) is 1.95. The molecule has 1 aliphatic heterocycles. The first kappa shape index (κ1) is 21.9. The number of sulfonamides is 1. The third-order valence-electron chi connectivity index (χ3n) is 5.26. The van der Waals surface area contributed by atoms with Crippen molar-refractivity contribution in [2.24, 2.45) is 0 Å². The molecule has 1 aromatic heterocycles. The Morgan fingerprint density at radius 1 is 1.28 bits per heavy atom. The summed E-state index contributed by atoms with van der Waals surface area (Å²) in [4.78, 5) is 0.217. The summed E-state index contributed by atoms with van der Waals surface area (Å²) in [6.45, 7) is 6.48. The van der Waals surface area contributed by atoms with E-state index in [0.29, 0.717) is 25.3 Å². The van der Waals surface area contributed by atoms with E-state index in [2.05, 4.69) is 28.9 Å². The number of nitrogens with zero attached hydrogens (tertiary/aromatic N) is 3. The molecular formula is C20H30N4O4S. The lowest BCUT2D eigenvalue weighted by Gasteiger charge is -2.36. The molecule has 8 nitrogen and oxygen atoms in total. The highest BCUT2D eigenvalue weighted by Gasteiger charge is 2.33. The summed E-state index contributed by atoms with van der Waals surface area (Å²) in [5, 5.41) is 18.0. The van der Waals surface area contributed by atoms with Gasteiger partial charge in [-0.1, -0.05) is 36.8 Å². The van der Waals surface area contributed by atoms with Crippen molar-refractivity contribution >= 4 is 10.0 Å². The Labute approximate surface area is 172 Å². The Balaban J connectivity index is 1.56. The monoisotopic (exact) mass is 422 g/mol. The molecule has 1 saturated heterocycles. The van der Waals surface area contributed by atoms with E-state index in [4.69, 9.17) is 4.74 Å². The maximum atomic E-state index is 12.7. The minimum absolute atomic E-state index is 0.0565. The summed E-state index contributed by atoms with van der Waals surface area (Å²) in [5.74, 6) is 0.329. The predicted octanol–water partition coefficient (Wildman–Crippen LogP) is 1.99. The van der Waals surface area contributed by atoms with Crippen LogP contribution >= 0.6 is 0 Å². The highest BCUT2D eigenvalue weighted by Crippen LogP contribution is 2.24. The Bertz CT molecular complexity index is 895. The summed E-state index contributed by atoms with van der Waals surface area (Å²) in [6.07, 6.45) is 3.36. The summed E-state index contributed by atoms with van der Waals surface area (Å²) in [6, 6.07) is 6.24. The number of ether oxygens (including phenoxy) is 1. The van der Waals surface area contributed by atoms with Crippen LogP contribution in [0.25, 0.3) is 0 Å². The van der Waals surface area contributed by atoms with Crippen molar-refractivity contribution in [2.45, 2.75) is 75.6 Å². The van der Waals surface area contributed by atoms with E-state index in [1.165, 1.54) is 0 Å². The van der Waals surface area contributed by atoms with E-state index in [0.717, 1.165) is 17.7 Å². The van der Waals surface area contributed by atoms with E-state index in [1.54, 1.807) is 28.9 Å². The molecule has 1 aliphatic rings. The molecule has 2 heterocycles. The first-order valence-electron chi connectivity index (χ1n) is 10.0. The molecule has 1 aromatic carbocycles. The quantitative estimate of drug-likeness (QED) is 0.674. The lowest BCUT2D eigenvalue weighted by molar-refractivity contribution is -0.0891. The zero-order valence-corrected chi connectivity index (χ0v) is 18.0. The molecule has 0 aliphatic carbocycles. The number of aliphatic hydroxyl groups is 1. The zero-order chi connectivity index (χ0) is 21.0. The van der Waals surface area contributed by atoms with Gasteiger partial charge >= 0.3 is 0 Å². The van der Waals surface area contributed by atoms with Crippen LogP contribution in [0.4, 0.5) is 0 Å². The number of aromatic nitrogens is 3. The molecule has 9 heteroatoms. The van der Waals surface area contributed by atoms with Crippen LogP contribution in [0.15, 0.2) is 35.4 Å². The standard InChI is InChI=1S/C20H30N4O4S/c1-14(2)19-12-24(23-21-19)11-10-16-6-9-18(20(13-25)28-16)22-29(26,27)17-7-4-15(3)5-8-17/h4-5,7-8,12,14,16,18,20,22,25H,6,9-11,13H2,1-3H3/t16-,18+,20-/m1/s1. The van der Waals surface area contributed by atoms with Gasteiger partial charge in [-0.3, -0.25) is 4.68 Å². The molecular weight excluding hydrogens is 392 g/mol. The molecule has 0 saturated carbocycles. The highest BCUT2D eigenvalue weighted by molar-refractivity contribution is 7.89. The van der Waals surface area contributed by atoms with Crippen molar-refractivity contribution < 1.29 is 18.3 Å². The smallest absolute Gasteiger partial charge is 0.240 e. The molecule has 2 aromatic rings. The Morgan fingerprint density at radius 3 is 2.62 bits per heavy atom. The predicted molar refractivity (Wildman–Crippen MR) is 109 cm³/mol. The average Bonchev–Trinajstić information content (AvgIpc) is 3.17. The van der Waals surface area contributed by atoms with Gasteiger partial charge in [-0.15, -0.1) is 5.10 Å². The Hall–Kier alpha value is -1.81. The second-order valence-corrected chi connectivity index (χ2v) is 9.66. The van der Waals surface area contributed by atoms with Gasteiger partial charge in [0.1, 0.15) is 0 Å². The Kier molecular flexibility index (Phi) is 7.05. The van der Waals surface area contributed by atoms with Crippen molar-refractivity contribution in [1.29, 1.82) is 0 Å². The molecule has 1 fully saturated rings. The highest BCUT2D eigenvalue weighted by atomic mass is 32.2. The molecule has 2 N–H and O–H groups in total. The van der Waals surface area contributed by atoms with E-state index < -0.39 is 22.2 Å². The van der Waals surface area contributed by atoms with Crippen LogP contribution in [0, 0.1) is 6.92 Å². The van der Waals surface area contributed by atoms with Gasteiger partial charge in [0.05, 0.1) is 35.4 Å². The van der Waals surface area contributed by atoms with Crippen LogP contribution in [0.3, 0.4) is 0 Å². The van der Waals surface area contributed by atoms with Gasteiger partial charge in [0.2, 0.25) is 10.0 Å². The van der Waals surface area contributed by atoms with Gasteiger partial charge in [-0.05, 0) is 44.2 Å². The maximum Gasteiger partial charge on any atom is 0.240 e. The van der Waals surface area contributed by atoms with E-state index in [-0.39, 0.29) is 17.6 Å². The zero-order valence-electron chi connectivity index (χ0n) is 17.2. The number of hydrogen-bond donors (Lipinski definition) is 2. The van der Waals surface area contributed by atoms with Crippen molar-refractivity contribution in [3.05, 3.63) is 41.7 Å². The fourth-order valence-corrected chi connectivity index (χ4v) is 4.73. The summed E-state index contributed by atoms with van der Waals surface area (Å²) >= 11 is 0. The minimum atomic E-state index is -3.66. The number of nitrogens with one attached hydrogen (secondary N) is 1. The molecule has 0 spiro atoms. The lowest BCUT2D eigenvalue weighted by atomic mass is 9.98. The van der Waals surface area contributed by atoms with Crippen LogP contribution < -0.4 is 4.72 Å². The fourth-order valence-electron chi connectivity index (χ4n) is 3.43. The number of hydrogen-bond acceptors (Lipinski definition) is 6. The van der Waals surface area contributed by atoms with Crippen LogP contribution in [0.5, 0.6) is 0 Å². The molecule has 0 amide bonds. The van der Waals surface area contributed by atoms with Crippen molar-refractivity contribution in [3.8, 4) is 0 Å². The van der Waals surface area contributed by atoms with Gasteiger partial charge in [-0.2, -0.15) is 0 Å². The number of rotatable bonds is 8. The first-order chi connectivity index (χ1) is 13.8. The van der Waals surface area contributed by atoms with Gasteiger partial charge in [0, 0.05) is 12.7 Å². The molecule has 0 radical (unpaired) electrons. The number of benzene rings is 1. The van der Waals surface area contributed by atoms with E-state index >= 15 is 0 Å². The minimum Gasteiger partial charge on any atom is -0.394 e. The SMILES string of the molecule is Cc1ccc(S(=O)(=O)N[C@H]2CC[C@H](CCn3cc(C(C)C)nn3)O[C@@H]2CO)cc1. The normalized spacial score (nSPS) is 22.9. The molecule has 0 unspecified atom stereocenters. The van der Waals surface area contributed by atoms with Crippen LogP contribution in [-0.2, 0) is 21.3 Å². The summed E-state index contributed by atoms with van der Waals surface area (Å²) in [7, 11) is -3.66. The lowest BCUT2D eigenvalue weighted by Crippen LogP contribution is -2.50. The van der Waals surface area contributed by atoms with Crippen molar-refractivity contribution in [2.75, 3.05) is 6.61 Å². The maximum absolute atomic E-state index is 12.7. The van der Waals surface area contributed by atoms with E-state index in [1.807, 2.05) is 13.1 Å². The van der Waals surface area contributed by atoms with Crippen molar-refractivity contribution in [3.63, 3.8) is 0 Å². The largest absolute Gasteiger partial charge is 0.394 e. The molecule has 0 bridgehead atoms. The molecule has 160 valence electrons. The van der Waals surface area contributed by atoms with Gasteiger partial charge in [0.15, 0.2) is 0 Å².